The molecule has 2 amide bonds. The molecule has 1 aliphatic heterocycles. The van der Waals surface area contributed by atoms with Crippen LogP contribution in [0.15, 0.2) is 61.2 Å². The van der Waals surface area contributed by atoms with E-state index in [1.807, 2.05) is 20.8 Å². The molecule has 1 aliphatic rings. The van der Waals surface area contributed by atoms with Gasteiger partial charge in [-0.2, -0.15) is 32.1 Å². The lowest BCUT2D eigenvalue weighted by molar-refractivity contribution is -0.134. The van der Waals surface area contributed by atoms with Gasteiger partial charge in [-0.3, -0.25) is 15.1 Å². The third-order valence-electron chi connectivity index (χ3n) is 7.93. The number of hydrogen-bond acceptors (Lipinski definition) is 7. The van der Waals surface area contributed by atoms with Crippen LogP contribution in [0.4, 0.5) is 35.5 Å². The van der Waals surface area contributed by atoms with Gasteiger partial charge < -0.3 is 15.4 Å². The Bertz CT molecular complexity index is 1940. The molecule has 5 rings (SSSR count). The van der Waals surface area contributed by atoms with Gasteiger partial charge in [-0.25, -0.2) is 27.9 Å². The fourth-order valence-electron chi connectivity index (χ4n) is 5.86. The van der Waals surface area contributed by atoms with Gasteiger partial charge in [-0.15, -0.1) is 0 Å². The van der Waals surface area contributed by atoms with Crippen molar-refractivity contribution in [1.82, 2.24) is 40.1 Å². The highest BCUT2D eigenvalue weighted by Crippen LogP contribution is 2.43. The summed E-state index contributed by atoms with van der Waals surface area (Å²) >= 11 is 6.36. The molecule has 3 heterocycles. The number of alkyl carbamates (subject to hydrolysis) is 1. The van der Waals surface area contributed by atoms with Crippen LogP contribution >= 0.6 is 11.6 Å². The smallest absolute Gasteiger partial charge is 0.407 e. The first-order valence-corrected chi connectivity index (χ1v) is 15.8. The topological polar surface area (TPSA) is 143 Å². The zero-order valence-corrected chi connectivity index (χ0v) is 28.3. The molecule has 12 nitrogen and oxygen atoms in total. The highest BCUT2D eigenvalue weighted by Gasteiger charge is 2.54. The lowest BCUT2D eigenvalue weighted by atomic mass is 9.75. The van der Waals surface area contributed by atoms with Gasteiger partial charge >= 0.3 is 18.8 Å². The monoisotopic (exact) mass is 757 g/mol. The molecule has 0 aliphatic carbocycles. The standard InChI is InChI=1S/C32H31ClF7N9O3/c1-30(2,3)14-31(20-7-4-17(5-8-20)19-11-44-47(12-19)27(36)37)26(50)48(28(41)46-31)23(13-52-29(51)42-15-32(38,39)40)18-6-9-21(33)22(10-18)49-25(24(34)35)43-16-45-49/h4-12,16,23-24,27H,13-15H2,1-3H3,(H2,41,46)(H,42,51)/t23-,31-/m1/s1. The van der Waals surface area contributed by atoms with E-state index >= 15 is 0 Å². The number of guanidine groups is 1. The van der Waals surface area contributed by atoms with Crippen LogP contribution in [0.2, 0.25) is 5.02 Å². The zero-order chi connectivity index (χ0) is 38.2. The number of nitrogens with zero attached hydrogens (tertiary/aromatic N) is 6. The van der Waals surface area contributed by atoms with Gasteiger partial charge in [0.25, 0.3) is 12.3 Å². The number of rotatable bonds is 11. The second-order valence-electron chi connectivity index (χ2n) is 13.0. The van der Waals surface area contributed by atoms with Gasteiger partial charge in [0, 0.05) is 11.8 Å². The first-order chi connectivity index (χ1) is 24.3. The summed E-state index contributed by atoms with van der Waals surface area (Å²) in [5.41, 5.74) is -1.01. The summed E-state index contributed by atoms with van der Waals surface area (Å²) in [7, 11) is 0. The summed E-state index contributed by atoms with van der Waals surface area (Å²) in [6, 6.07) is 8.82. The minimum atomic E-state index is -4.76. The quantitative estimate of drug-likeness (QED) is 0.138. The van der Waals surface area contributed by atoms with Crippen LogP contribution < -0.4 is 10.6 Å². The number of alkyl halides is 7. The average Bonchev–Trinajstić information content (AvgIpc) is 3.80. The first kappa shape index (κ1) is 38.0. The van der Waals surface area contributed by atoms with Crippen molar-refractivity contribution in [3.63, 3.8) is 0 Å². The lowest BCUT2D eigenvalue weighted by Gasteiger charge is -2.35. The normalized spacial score (nSPS) is 17.2. The van der Waals surface area contributed by atoms with Gasteiger partial charge in [0.2, 0.25) is 0 Å². The molecular formula is C32H31ClF7N9O3. The third kappa shape index (κ3) is 8.13. The van der Waals surface area contributed by atoms with Gasteiger partial charge in [0.15, 0.2) is 11.8 Å². The summed E-state index contributed by atoms with van der Waals surface area (Å²) < 4.78 is 98.5. The van der Waals surface area contributed by atoms with Gasteiger partial charge in [0.05, 0.1) is 22.9 Å². The number of carbonyl (C=O) groups excluding carboxylic acids is 2. The maximum Gasteiger partial charge on any atom is 0.407 e. The molecule has 0 unspecified atom stereocenters. The molecule has 0 saturated carbocycles. The van der Waals surface area contributed by atoms with Crippen molar-refractivity contribution in [2.24, 2.45) is 5.41 Å². The molecule has 1 saturated heterocycles. The van der Waals surface area contributed by atoms with E-state index in [1.165, 1.54) is 24.4 Å². The number of nitrogens with one attached hydrogen (secondary N) is 3. The Labute approximate surface area is 296 Å². The second-order valence-corrected chi connectivity index (χ2v) is 13.4. The Hall–Kier alpha value is -5.20. The van der Waals surface area contributed by atoms with E-state index in [-0.39, 0.29) is 22.7 Å². The highest BCUT2D eigenvalue weighted by atomic mass is 35.5. The molecule has 1 fully saturated rings. The van der Waals surface area contributed by atoms with Crippen molar-refractivity contribution in [3.05, 3.63) is 83.2 Å². The van der Waals surface area contributed by atoms with E-state index in [9.17, 15) is 40.3 Å². The predicted octanol–water partition coefficient (Wildman–Crippen LogP) is 7.14. The number of amides is 2. The third-order valence-corrected chi connectivity index (χ3v) is 8.25. The Kier molecular flexibility index (Phi) is 10.6. The van der Waals surface area contributed by atoms with Crippen LogP contribution in [0.3, 0.4) is 0 Å². The van der Waals surface area contributed by atoms with Crippen molar-refractivity contribution in [1.29, 1.82) is 5.41 Å². The number of ether oxygens (including phenoxy) is 1. The van der Waals surface area contributed by atoms with Crippen molar-refractivity contribution in [2.75, 3.05) is 13.2 Å². The van der Waals surface area contributed by atoms with Crippen LogP contribution in [-0.4, -0.2) is 66.7 Å². The number of benzene rings is 2. The summed E-state index contributed by atoms with van der Waals surface area (Å²) in [4.78, 5) is 31.6. The molecule has 2 aromatic heterocycles. The molecule has 20 heteroatoms. The molecule has 278 valence electrons. The fraction of sp³-hybridized carbons (Fsp3) is 0.375. The molecule has 3 N–H and O–H groups in total. The Balaban J connectivity index is 1.57. The maximum atomic E-state index is 14.8. The average molecular weight is 758 g/mol. The number of hydrogen-bond donors (Lipinski definition) is 3. The van der Waals surface area contributed by atoms with Crippen molar-refractivity contribution in [2.45, 2.75) is 57.9 Å². The Morgan fingerprint density at radius 3 is 2.35 bits per heavy atom. The molecule has 0 bridgehead atoms. The summed E-state index contributed by atoms with van der Waals surface area (Å²) in [6.45, 7) is 0.180. The predicted molar refractivity (Wildman–Crippen MR) is 172 cm³/mol. The Morgan fingerprint density at radius 1 is 1.06 bits per heavy atom. The van der Waals surface area contributed by atoms with E-state index in [0.29, 0.717) is 21.4 Å². The molecular weight excluding hydrogens is 727 g/mol. The number of carbonyl (C=O) groups is 2. The molecule has 0 radical (unpaired) electrons. The van der Waals surface area contributed by atoms with Gasteiger partial charge in [0.1, 0.15) is 25.0 Å². The highest BCUT2D eigenvalue weighted by molar-refractivity contribution is 6.32. The van der Waals surface area contributed by atoms with Crippen LogP contribution in [0.1, 0.15) is 63.2 Å². The minimum absolute atomic E-state index is 0.0686. The van der Waals surface area contributed by atoms with Crippen LogP contribution in [-0.2, 0) is 15.1 Å². The van der Waals surface area contributed by atoms with Crippen molar-refractivity contribution < 1.29 is 45.1 Å². The summed E-state index contributed by atoms with van der Waals surface area (Å²) in [5.74, 6) is -1.97. The molecule has 2 aromatic carbocycles. The summed E-state index contributed by atoms with van der Waals surface area (Å²) in [5, 5.41) is 20.9. The van der Waals surface area contributed by atoms with Crippen LogP contribution in [0, 0.1) is 10.8 Å². The number of halogens is 8. The van der Waals surface area contributed by atoms with E-state index in [2.05, 4.69) is 20.5 Å². The molecule has 2 atom stereocenters. The van der Waals surface area contributed by atoms with E-state index in [1.54, 1.807) is 29.6 Å². The second kappa shape index (κ2) is 14.4. The molecule has 4 aromatic rings. The number of aromatic nitrogens is 5. The SMILES string of the molecule is CC(C)(C)C[C@]1(c2ccc(-c3cnn(C(F)F)c3)cc2)NC(=N)N([C@H](COC(=O)NCC(F)(F)F)c2ccc(Cl)c(-n3ncnc3C(F)F)c2)C1=O. The summed E-state index contributed by atoms with van der Waals surface area (Å²) in [6.07, 6.45) is -5.94. The molecule has 0 spiro atoms. The minimum Gasteiger partial charge on any atom is -0.447 e. The van der Waals surface area contributed by atoms with Crippen LogP contribution in [0.25, 0.3) is 16.8 Å². The van der Waals surface area contributed by atoms with E-state index in [0.717, 1.165) is 22.1 Å². The van der Waals surface area contributed by atoms with Gasteiger partial charge in [-0.05, 0) is 40.7 Å². The largest absolute Gasteiger partial charge is 0.447 e. The van der Waals surface area contributed by atoms with Crippen LogP contribution in [0.5, 0.6) is 0 Å². The first-order valence-electron chi connectivity index (χ1n) is 15.4. The van der Waals surface area contributed by atoms with Crippen molar-refractivity contribution in [3.8, 4) is 16.8 Å². The van der Waals surface area contributed by atoms with Crippen molar-refractivity contribution >= 4 is 29.6 Å². The van der Waals surface area contributed by atoms with E-state index < -0.39 is 73.1 Å². The zero-order valence-electron chi connectivity index (χ0n) is 27.6. The maximum absolute atomic E-state index is 14.8. The lowest BCUT2D eigenvalue weighted by Crippen LogP contribution is -2.47. The van der Waals surface area contributed by atoms with Gasteiger partial charge in [-0.1, -0.05) is 62.7 Å². The fourth-order valence-corrected chi connectivity index (χ4v) is 6.05. The Morgan fingerprint density at radius 2 is 1.75 bits per heavy atom. The van der Waals surface area contributed by atoms with E-state index in [4.69, 9.17) is 21.7 Å². The molecule has 52 heavy (non-hydrogen) atoms.